The molecule has 4 heteroatoms. The maximum Gasteiger partial charge on any atom is 0.303 e. The summed E-state index contributed by atoms with van der Waals surface area (Å²) in [6.07, 6.45) is 3.09. The summed E-state index contributed by atoms with van der Waals surface area (Å²) in [5, 5.41) is 0. The van der Waals surface area contributed by atoms with Gasteiger partial charge in [0.05, 0.1) is 0 Å². The first-order valence-corrected chi connectivity index (χ1v) is 4.27. The average molecular weight is 182 g/mol. The Morgan fingerprint density at radius 2 is 2.31 bits per heavy atom. The minimum atomic E-state index is -0.282. The van der Waals surface area contributed by atoms with Crippen LogP contribution in [0.3, 0.4) is 0 Å². The topological polar surface area (TPSA) is 55.0 Å². The minimum absolute atomic E-state index is 0.218. The molecule has 0 spiro atoms. The van der Waals surface area contributed by atoms with E-state index in [1.54, 1.807) is 12.4 Å². The zero-order valence-electron chi connectivity index (χ0n) is 8.07. The predicted molar refractivity (Wildman–Crippen MR) is 47.9 cm³/mol. The summed E-state index contributed by atoms with van der Waals surface area (Å²) in [6, 6.07) is 0. The monoisotopic (exact) mass is 182 g/mol. The molecule has 1 aromatic heterocycles. The molecule has 72 valence electrons. The van der Waals surface area contributed by atoms with Crippen molar-refractivity contribution in [3.63, 3.8) is 0 Å². The molecule has 1 atom stereocenters. The predicted octanol–water partition coefficient (Wildman–Crippen LogP) is 1.67. The second kappa shape index (κ2) is 4.07. The van der Waals surface area contributed by atoms with Gasteiger partial charge in [-0.1, -0.05) is 13.8 Å². The lowest BCUT2D eigenvalue weighted by Crippen LogP contribution is -2.15. The third kappa shape index (κ3) is 2.57. The molecule has 1 unspecified atom stereocenters. The molecule has 0 amide bonds. The molecule has 0 aliphatic heterocycles. The highest BCUT2D eigenvalue weighted by Gasteiger charge is 2.20. The molecule has 0 saturated heterocycles. The number of aromatic nitrogens is 2. The van der Waals surface area contributed by atoms with E-state index in [1.165, 1.54) is 6.92 Å². The summed E-state index contributed by atoms with van der Waals surface area (Å²) in [5.41, 5.74) is 0. The molecular weight excluding hydrogens is 168 g/mol. The molecule has 0 bridgehead atoms. The molecule has 1 rings (SSSR count). The first kappa shape index (κ1) is 9.77. The van der Waals surface area contributed by atoms with Crippen LogP contribution in [0.2, 0.25) is 0 Å². The minimum Gasteiger partial charge on any atom is -0.454 e. The molecule has 1 heterocycles. The Labute approximate surface area is 77.3 Å². The highest BCUT2D eigenvalue weighted by molar-refractivity contribution is 5.66. The maximum absolute atomic E-state index is 10.8. The fraction of sp³-hybridized carbons (Fsp3) is 0.556. The SMILES string of the molecule is CC(=O)OC(c1ncc[nH]1)C(C)C. The largest absolute Gasteiger partial charge is 0.454 e. The molecule has 0 aliphatic rings. The number of H-pyrrole nitrogens is 1. The summed E-state index contributed by atoms with van der Waals surface area (Å²) in [7, 11) is 0. The Hall–Kier alpha value is -1.32. The van der Waals surface area contributed by atoms with Crippen molar-refractivity contribution in [1.82, 2.24) is 9.97 Å². The highest BCUT2D eigenvalue weighted by Crippen LogP contribution is 2.22. The molecule has 1 N–H and O–H groups in total. The van der Waals surface area contributed by atoms with Crippen LogP contribution in [0.15, 0.2) is 12.4 Å². The van der Waals surface area contributed by atoms with Crippen LogP contribution in [0, 0.1) is 5.92 Å². The van der Waals surface area contributed by atoms with Gasteiger partial charge in [-0.3, -0.25) is 4.79 Å². The number of nitrogens with one attached hydrogen (secondary N) is 1. The molecule has 13 heavy (non-hydrogen) atoms. The molecule has 0 saturated carbocycles. The van der Waals surface area contributed by atoms with Crippen molar-refractivity contribution in [2.75, 3.05) is 0 Å². The number of ether oxygens (including phenoxy) is 1. The van der Waals surface area contributed by atoms with Gasteiger partial charge in [0.15, 0.2) is 6.10 Å². The third-order valence-corrected chi connectivity index (χ3v) is 1.69. The van der Waals surface area contributed by atoms with Crippen molar-refractivity contribution in [2.24, 2.45) is 5.92 Å². The van der Waals surface area contributed by atoms with Crippen molar-refractivity contribution < 1.29 is 9.53 Å². The lowest BCUT2D eigenvalue weighted by atomic mass is 10.1. The van der Waals surface area contributed by atoms with Crippen LogP contribution in [0.25, 0.3) is 0 Å². The molecule has 1 aromatic rings. The van der Waals surface area contributed by atoms with Crippen molar-refractivity contribution in [2.45, 2.75) is 26.9 Å². The van der Waals surface area contributed by atoms with Crippen LogP contribution in [-0.4, -0.2) is 15.9 Å². The third-order valence-electron chi connectivity index (χ3n) is 1.69. The van der Waals surface area contributed by atoms with Crippen molar-refractivity contribution in [3.8, 4) is 0 Å². The zero-order valence-corrected chi connectivity index (χ0v) is 8.07. The summed E-state index contributed by atoms with van der Waals surface area (Å²) >= 11 is 0. The fourth-order valence-corrected chi connectivity index (χ4v) is 1.12. The quantitative estimate of drug-likeness (QED) is 0.723. The van der Waals surface area contributed by atoms with E-state index in [2.05, 4.69) is 9.97 Å². The van der Waals surface area contributed by atoms with E-state index in [-0.39, 0.29) is 18.0 Å². The maximum atomic E-state index is 10.8. The van der Waals surface area contributed by atoms with E-state index in [1.807, 2.05) is 13.8 Å². The molecule has 0 fully saturated rings. The molecule has 4 nitrogen and oxygen atoms in total. The number of carbonyl (C=O) groups is 1. The number of hydrogen-bond donors (Lipinski definition) is 1. The number of aromatic amines is 1. The van der Waals surface area contributed by atoms with Gasteiger partial charge in [-0.05, 0) is 5.92 Å². The summed E-state index contributed by atoms with van der Waals surface area (Å²) in [5.74, 6) is 0.635. The second-order valence-electron chi connectivity index (χ2n) is 3.25. The van der Waals surface area contributed by atoms with Gasteiger partial charge >= 0.3 is 5.97 Å². The Bertz CT molecular complexity index is 267. The molecule has 0 radical (unpaired) electrons. The van der Waals surface area contributed by atoms with Crippen LogP contribution in [0.4, 0.5) is 0 Å². The molecular formula is C9H14N2O2. The number of nitrogens with zero attached hydrogens (tertiary/aromatic N) is 1. The van der Waals surface area contributed by atoms with Gasteiger partial charge in [-0.25, -0.2) is 4.98 Å². The van der Waals surface area contributed by atoms with Gasteiger partial charge in [-0.2, -0.15) is 0 Å². The normalized spacial score (nSPS) is 12.9. The van der Waals surface area contributed by atoms with E-state index >= 15 is 0 Å². The zero-order chi connectivity index (χ0) is 9.84. The Balaban J connectivity index is 2.74. The number of imidazole rings is 1. The molecule has 0 aliphatic carbocycles. The van der Waals surface area contributed by atoms with Crippen LogP contribution >= 0.6 is 0 Å². The van der Waals surface area contributed by atoms with Crippen molar-refractivity contribution >= 4 is 5.97 Å². The lowest BCUT2D eigenvalue weighted by Gasteiger charge is -2.17. The number of hydrogen-bond acceptors (Lipinski definition) is 3. The first-order valence-electron chi connectivity index (χ1n) is 4.27. The smallest absolute Gasteiger partial charge is 0.303 e. The van der Waals surface area contributed by atoms with E-state index < -0.39 is 0 Å². The lowest BCUT2D eigenvalue weighted by molar-refractivity contribution is -0.149. The van der Waals surface area contributed by atoms with Crippen molar-refractivity contribution in [1.29, 1.82) is 0 Å². The second-order valence-corrected chi connectivity index (χ2v) is 3.25. The van der Waals surface area contributed by atoms with Crippen LogP contribution in [0.1, 0.15) is 32.7 Å². The Morgan fingerprint density at radius 1 is 1.62 bits per heavy atom. The van der Waals surface area contributed by atoms with Gasteiger partial charge in [0.2, 0.25) is 0 Å². The van der Waals surface area contributed by atoms with E-state index in [0.29, 0.717) is 5.82 Å². The van der Waals surface area contributed by atoms with E-state index in [9.17, 15) is 4.79 Å². The summed E-state index contributed by atoms with van der Waals surface area (Å²) in [6.45, 7) is 5.37. The average Bonchev–Trinajstić information content (AvgIpc) is 2.50. The van der Waals surface area contributed by atoms with Gasteiger partial charge in [0.25, 0.3) is 0 Å². The standard InChI is InChI=1S/C9H14N2O2/c1-6(2)8(13-7(3)12)9-10-4-5-11-9/h4-6,8H,1-3H3,(H,10,11). The fourth-order valence-electron chi connectivity index (χ4n) is 1.12. The van der Waals surface area contributed by atoms with Gasteiger partial charge in [0.1, 0.15) is 5.82 Å². The van der Waals surface area contributed by atoms with Crippen LogP contribution in [-0.2, 0) is 9.53 Å². The van der Waals surface area contributed by atoms with E-state index in [4.69, 9.17) is 4.74 Å². The highest BCUT2D eigenvalue weighted by atomic mass is 16.5. The van der Waals surface area contributed by atoms with Gasteiger partial charge in [0, 0.05) is 19.3 Å². The number of rotatable bonds is 3. The summed E-state index contributed by atoms with van der Waals surface area (Å²) in [4.78, 5) is 17.8. The Morgan fingerprint density at radius 3 is 2.69 bits per heavy atom. The Kier molecular flexibility index (Phi) is 3.06. The van der Waals surface area contributed by atoms with Gasteiger partial charge in [-0.15, -0.1) is 0 Å². The summed E-state index contributed by atoms with van der Waals surface area (Å²) < 4.78 is 5.12. The van der Waals surface area contributed by atoms with Crippen molar-refractivity contribution in [3.05, 3.63) is 18.2 Å². The number of carbonyl (C=O) groups excluding carboxylic acids is 1. The van der Waals surface area contributed by atoms with E-state index in [0.717, 1.165) is 0 Å². The number of esters is 1. The van der Waals surface area contributed by atoms with Gasteiger partial charge < -0.3 is 9.72 Å². The van der Waals surface area contributed by atoms with Crippen LogP contribution in [0.5, 0.6) is 0 Å². The first-order chi connectivity index (χ1) is 6.11. The van der Waals surface area contributed by atoms with Crippen LogP contribution < -0.4 is 0 Å². The molecule has 0 aromatic carbocycles.